The first-order valence-electron chi connectivity index (χ1n) is 8.11. The van der Waals surface area contributed by atoms with Crippen molar-refractivity contribution in [1.82, 2.24) is 0 Å². The van der Waals surface area contributed by atoms with Crippen molar-refractivity contribution in [3.63, 3.8) is 0 Å². The molecule has 0 saturated carbocycles. The van der Waals surface area contributed by atoms with Crippen molar-refractivity contribution in [2.75, 3.05) is 13.2 Å². The largest absolute Gasteiger partial charge is 0.393 e. The first-order valence-corrected chi connectivity index (χ1v) is 11.3. The quantitative estimate of drug-likeness (QED) is 0.357. The van der Waals surface area contributed by atoms with Gasteiger partial charge in [0, 0.05) is 23.3 Å². The van der Waals surface area contributed by atoms with Crippen LogP contribution in [0.5, 0.6) is 0 Å². The van der Waals surface area contributed by atoms with Crippen molar-refractivity contribution in [2.24, 2.45) is 0 Å². The van der Waals surface area contributed by atoms with Crippen LogP contribution >= 0.6 is 63.7 Å². The Morgan fingerprint density at radius 1 is 0.704 bits per heavy atom. The third-order valence-electron chi connectivity index (χ3n) is 4.49. The summed E-state index contributed by atoms with van der Waals surface area (Å²) < 4.78 is 3.18. The molecule has 0 aromatic heterocycles. The van der Waals surface area contributed by atoms with Gasteiger partial charge in [0.1, 0.15) is 12.2 Å². The standard InChI is InChI=1S/C19H20Br4O4/c1-19(2,17-11(20)3-9(4-12(17)21)15(26)7-24)18-13(22)5-10(6-14(18)23)16(27)8-25/h3-6,15-16,24-27H,7-8H2,1-2H3. The maximum Gasteiger partial charge on any atom is 0.102 e. The summed E-state index contributed by atoms with van der Waals surface area (Å²) >= 11 is 14.4. The van der Waals surface area contributed by atoms with E-state index in [1.807, 2.05) is 0 Å². The molecule has 0 aliphatic carbocycles. The second-order valence-electron chi connectivity index (χ2n) is 6.74. The predicted octanol–water partition coefficient (Wildman–Crippen LogP) is 5.11. The Balaban J connectivity index is 2.63. The highest BCUT2D eigenvalue weighted by molar-refractivity contribution is 9.11. The summed E-state index contributed by atoms with van der Waals surface area (Å²) in [5.74, 6) is 0. The minimum atomic E-state index is -0.951. The molecular formula is C19H20Br4O4. The molecule has 148 valence electrons. The molecule has 0 spiro atoms. The van der Waals surface area contributed by atoms with Gasteiger partial charge in [-0.3, -0.25) is 0 Å². The Kier molecular flexibility index (Phi) is 8.12. The van der Waals surface area contributed by atoms with E-state index < -0.39 is 17.6 Å². The minimum Gasteiger partial charge on any atom is -0.393 e. The topological polar surface area (TPSA) is 80.9 Å². The molecule has 4 nitrogen and oxygen atoms in total. The number of aliphatic hydroxyl groups is 4. The number of benzene rings is 2. The lowest BCUT2D eigenvalue weighted by molar-refractivity contribution is 0.0955. The second kappa shape index (κ2) is 9.34. The fraction of sp³-hybridized carbons (Fsp3) is 0.368. The minimum absolute atomic E-state index is 0.354. The van der Waals surface area contributed by atoms with E-state index in [1.165, 1.54) is 0 Å². The van der Waals surface area contributed by atoms with Crippen molar-refractivity contribution >= 4 is 63.7 Å². The molecule has 8 heteroatoms. The van der Waals surface area contributed by atoms with E-state index >= 15 is 0 Å². The average Bonchev–Trinajstić information content (AvgIpc) is 2.58. The third-order valence-corrected chi connectivity index (χ3v) is 7.00. The van der Waals surface area contributed by atoms with Crippen LogP contribution in [0.3, 0.4) is 0 Å². The molecule has 2 unspecified atom stereocenters. The van der Waals surface area contributed by atoms with Gasteiger partial charge in [-0.15, -0.1) is 0 Å². The first-order chi connectivity index (χ1) is 12.5. The molecule has 0 bridgehead atoms. The van der Waals surface area contributed by atoms with Crippen LogP contribution in [-0.2, 0) is 5.41 Å². The highest BCUT2D eigenvalue weighted by Gasteiger charge is 2.33. The molecular weight excluding hydrogens is 612 g/mol. The summed E-state index contributed by atoms with van der Waals surface area (Å²) in [6.07, 6.45) is -1.90. The molecule has 4 N–H and O–H groups in total. The van der Waals surface area contributed by atoms with Crippen LogP contribution in [0.2, 0.25) is 0 Å². The van der Waals surface area contributed by atoms with E-state index in [4.69, 9.17) is 0 Å². The van der Waals surface area contributed by atoms with Crippen LogP contribution in [0.4, 0.5) is 0 Å². The van der Waals surface area contributed by atoms with Crippen LogP contribution < -0.4 is 0 Å². The van der Waals surface area contributed by atoms with Crippen LogP contribution in [0, 0.1) is 0 Å². The lowest BCUT2D eigenvalue weighted by Gasteiger charge is -2.32. The highest BCUT2D eigenvalue weighted by atomic mass is 79.9. The van der Waals surface area contributed by atoms with Crippen molar-refractivity contribution in [1.29, 1.82) is 0 Å². The number of hydrogen-bond acceptors (Lipinski definition) is 4. The zero-order valence-corrected chi connectivity index (χ0v) is 21.0. The number of rotatable bonds is 6. The number of halogens is 4. The van der Waals surface area contributed by atoms with Gasteiger partial charge < -0.3 is 20.4 Å². The molecule has 0 fully saturated rings. The summed E-state index contributed by atoms with van der Waals surface area (Å²) in [5, 5.41) is 38.3. The predicted molar refractivity (Wildman–Crippen MR) is 120 cm³/mol. The van der Waals surface area contributed by atoms with Gasteiger partial charge >= 0.3 is 0 Å². The normalized spacial score (nSPS) is 14.3. The summed E-state index contributed by atoms with van der Waals surface area (Å²) in [6.45, 7) is 3.42. The zero-order valence-electron chi connectivity index (χ0n) is 14.7. The lowest BCUT2D eigenvalue weighted by atomic mass is 9.77. The maximum absolute atomic E-state index is 9.93. The van der Waals surface area contributed by atoms with E-state index in [0.29, 0.717) is 11.1 Å². The number of aliphatic hydroxyl groups excluding tert-OH is 4. The van der Waals surface area contributed by atoms with E-state index in [9.17, 15) is 20.4 Å². The maximum atomic E-state index is 9.93. The van der Waals surface area contributed by atoms with Crippen LogP contribution in [-0.4, -0.2) is 33.6 Å². The van der Waals surface area contributed by atoms with Gasteiger partial charge in [0.05, 0.1) is 13.2 Å². The van der Waals surface area contributed by atoms with Gasteiger partial charge in [0.15, 0.2) is 0 Å². The Morgan fingerprint density at radius 3 is 1.19 bits per heavy atom. The Bertz CT molecular complexity index is 725. The first kappa shape index (κ1) is 23.5. The molecule has 0 radical (unpaired) electrons. The van der Waals surface area contributed by atoms with E-state index in [0.717, 1.165) is 29.0 Å². The fourth-order valence-electron chi connectivity index (χ4n) is 3.10. The zero-order chi connectivity index (χ0) is 20.5. The monoisotopic (exact) mass is 628 g/mol. The molecule has 0 saturated heterocycles. The fourth-order valence-corrected chi connectivity index (χ4v) is 7.53. The van der Waals surface area contributed by atoms with Gasteiger partial charge in [-0.25, -0.2) is 0 Å². The highest BCUT2D eigenvalue weighted by Crippen LogP contribution is 2.47. The van der Waals surface area contributed by atoms with Crippen molar-refractivity contribution in [3.05, 3.63) is 64.4 Å². The van der Waals surface area contributed by atoms with E-state index in [1.54, 1.807) is 24.3 Å². The molecule has 0 amide bonds. The van der Waals surface area contributed by atoms with Crippen molar-refractivity contribution in [3.8, 4) is 0 Å². The van der Waals surface area contributed by atoms with Crippen molar-refractivity contribution < 1.29 is 20.4 Å². The van der Waals surface area contributed by atoms with Gasteiger partial charge in [0.2, 0.25) is 0 Å². The molecule has 27 heavy (non-hydrogen) atoms. The van der Waals surface area contributed by atoms with Gasteiger partial charge in [-0.1, -0.05) is 77.6 Å². The molecule has 0 heterocycles. The number of hydrogen-bond donors (Lipinski definition) is 4. The molecule has 2 aromatic carbocycles. The summed E-state index contributed by atoms with van der Waals surface area (Å²) in [4.78, 5) is 0. The summed E-state index contributed by atoms with van der Waals surface area (Å²) in [5.41, 5.74) is 2.67. The summed E-state index contributed by atoms with van der Waals surface area (Å²) in [6, 6.07) is 7.20. The van der Waals surface area contributed by atoms with Gasteiger partial charge in [0.25, 0.3) is 0 Å². The van der Waals surface area contributed by atoms with Gasteiger partial charge in [-0.2, -0.15) is 0 Å². The van der Waals surface area contributed by atoms with Crippen LogP contribution in [0.15, 0.2) is 42.2 Å². The Labute approximate surface area is 192 Å². The lowest BCUT2D eigenvalue weighted by Crippen LogP contribution is -2.22. The molecule has 0 aliphatic rings. The van der Waals surface area contributed by atoms with E-state index in [2.05, 4.69) is 77.6 Å². The van der Waals surface area contributed by atoms with Crippen LogP contribution in [0.25, 0.3) is 0 Å². The van der Waals surface area contributed by atoms with Gasteiger partial charge in [-0.05, 0) is 46.5 Å². The Hall–Kier alpha value is 0.200. The average molecular weight is 632 g/mol. The van der Waals surface area contributed by atoms with Crippen molar-refractivity contribution in [2.45, 2.75) is 31.5 Å². The molecule has 0 aliphatic heterocycles. The second-order valence-corrected chi connectivity index (χ2v) is 10.2. The molecule has 2 rings (SSSR count). The Morgan fingerprint density at radius 2 is 0.963 bits per heavy atom. The smallest absolute Gasteiger partial charge is 0.102 e. The summed E-state index contributed by atoms with van der Waals surface area (Å²) in [7, 11) is 0. The van der Waals surface area contributed by atoms with E-state index in [-0.39, 0.29) is 13.2 Å². The third kappa shape index (κ3) is 4.86. The van der Waals surface area contributed by atoms with Crippen LogP contribution in [0.1, 0.15) is 48.3 Å². The molecule has 2 aromatic rings. The molecule has 2 atom stereocenters. The SMILES string of the molecule is CC(C)(c1c(Br)cc(C(O)CO)cc1Br)c1c(Br)cc(C(O)CO)cc1Br.